The Kier molecular flexibility index (Phi) is 10.0. The van der Waals surface area contributed by atoms with Crippen LogP contribution < -0.4 is 0 Å². The summed E-state index contributed by atoms with van der Waals surface area (Å²) in [5.74, 6) is 0.775. The molecule has 0 aliphatic heterocycles. The lowest BCUT2D eigenvalue weighted by Gasteiger charge is -2.37. The normalized spacial score (nSPS) is 18.2. The highest BCUT2D eigenvalue weighted by Gasteiger charge is 2.38. The van der Waals surface area contributed by atoms with Crippen molar-refractivity contribution in [2.24, 2.45) is 11.8 Å². The summed E-state index contributed by atoms with van der Waals surface area (Å²) in [6, 6.07) is 0. The van der Waals surface area contributed by atoms with Crippen LogP contribution in [0.25, 0.3) is 0 Å². The second kappa shape index (κ2) is 9.76. The van der Waals surface area contributed by atoms with Crippen molar-refractivity contribution >= 4 is 30.9 Å². The monoisotopic (exact) mass is 442 g/mol. The molecule has 0 aromatic carbocycles. The molecule has 0 amide bonds. The van der Waals surface area contributed by atoms with E-state index in [1.807, 2.05) is 13.1 Å². The van der Waals surface area contributed by atoms with Gasteiger partial charge in [0.15, 0.2) is 8.32 Å². The van der Waals surface area contributed by atoms with Crippen molar-refractivity contribution in [3.05, 3.63) is 9.66 Å². The molecule has 0 aliphatic carbocycles. The third kappa shape index (κ3) is 7.90. The Morgan fingerprint density at radius 3 is 2.27 bits per heavy atom. The van der Waals surface area contributed by atoms with Crippen molar-refractivity contribution in [3.8, 4) is 0 Å². The van der Waals surface area contributed by atoms with E-state index in [9.17, 15) is 4.80 Å². The number of rotatable bonds is 10. The molecule has 22 heavy (non-hydrogen) atoms. The largest absolute Gasteiger partial charge is 0.432 e. The fourth-order valence-corrected chi connectivity index (χ4v) is 3.82. The average molecular weight is 442 g/mol. The van der Waals surface area contributed by atoms with Gasteiger partial charge in [0.25, 0.3) is 0 Å². The maximum Gasteiger partial charge on any atom is 0.188 e. The Morgan fingerprint density at radius 2 is 1.86 bits per heavy atom. The third-order valence-electron chi connectivity index (χ3n) is 4.83. The Labute approximate surface area is 152 Å². The summed E-state index contributed by atoms with van der Waals surface area (Å²) in [6.45, 7) is 15.3. The molecule has 1 unspecified atom stereocenters. The minimum atomic E-state index is -2.14. The van der Waals surface area contributed by atoms with Gasteiger partial charge in [0.1, 0.15) is 6.79 Å². The maximum atomic E-state index is 10.4. The standard InChI is InChI=1S/C17H35IO3Si/c1-13(9-10-17(4,5)22(7,8)19)16(21-12-20-6)14(2)11-15(3)18/h11,13-14,16,19H,9-10,12H2,1-8H3/b15-11-/t13?,14-,16-/m0/s1. The Bertz CT molecular complexity index is 346. The molecule has 5 heteroatoms. The van der Waals surface area contributed by atoms with E-state index in [1.165, 1.54) is 3.58 Å². The molecular formula is C17H35IO3Si. The molecule has 0 fully saturated rings. The van der Waals surface area contributed by atoms with Crippen molar-refractivity contribution in [2.45, 2.75) is 71.7 Å². The van der Waals surface area contributed by atoms with Gasteiger partial charge in [-0.25, -0.2) is 0 Å². The van der Waals surface area contributed by atoms with Gasteiger partial charge < -0.3 is 14.3 Å². The highest BCUT2D eigenvalue weighted by Crippen LogP contribution is 2.41. The number of hydrogen-bond donors (Lipinski definition) is 1. The van der Waals surface area contributed by atoms with Gasteiger partial charge in [-0.15, -0.1) is 0 Å². The minimum Gasteiger partial charge on any atom is -0.432 e. The number of allylic oxidation sites excluding steroid dienone is 1. The van der Waals surface area contributed by atoms with E-state index in [1.54, 1.807) is 7.11 Å². The third-order valence-corrected chi connectivity index (χ3v) is 8.75. The number of halogens is 1. The quantitative estimate of drug-likeness (QED) is 0.282. The van der Waals surface area contributed by atoms with E-state index < -0.39 is 8.32 Å². The molecule has 0 radical (unpaired) electrons. The second-order valence-electron chi connectivity index (χ2n) is 7.61. The number of methoxy groups -OCH3 is 1. The van der Waals surface area contributed by atoms with E-state index in [2.05, 4.69) is 63.3 Å². The topological polar surface area (TPSA) is 38.7 Å². The highest BCUT2D eigenvalue weighted by molar-refractivity contribution is 14.1. The summed E-state index contributed by atoms with van der Waals surface area (Å²) < 4.78 is 12.3. The van der Waals surface area contributed by atoms with Crippen LogP contribution in [-0.2, 0) is 9.47 Å². The van der Waals surface area contributed by atoms with Crippen molar-refractivity contribution in [1.82, 2.24) is 0 Å². The summed E-state index contributed by atoms with van der Waals surface area (Å²) in [5, 5.41) is 0.0192. The smallest absolute Gasteiger partial charge is 0.188 e. The summed E-state index contributed by atoms with van der Waals surface area (Å²) in [5.41, 5.74) is 0. The van der Waals surface area contributed by atoms with E-state index in [4.69, 9.17) is 9.47 Å². The van der Waals surface area contributed by atoms with Crippen LogP contribution in [0.2, 0.25) is 18.1 Å². The lowest BCUT2D eigenvalue weighted by atomic mass is 9.87. The molecule has 0 aliphatic rings. The average Bonchev–Trinajstić information content (AvgIpc) is 2.34. The van der Waals surface area contributed by atoms with Crippen LogP contribution in [0, 0.1) is 11.8 Å². The zero-order chi connectivity index (χ0) is 17.6. The highest BCUT2D eigenvalue weighted by atomic mass is 127. The second-order valence-corrected chi connectivity index (χ2v) is 13.8. The van der Waals surface area contributed by atoms with Crippen LogP contribution >= 0.6 is 22.6 Å². The minimum absolute atomic E-state index is 0.0192. The van der Waals surface area contributed by atoms with Crippen molar-refractivity contribution in [3.63, 3.8) is 0 Å². The van der Waals surface area contributed by atoms with Gasteiger partial charge in [-0.05, 0) is 70.0 Å². The molecule has 1 N–H and O–H groups in total. The molecule has 0 heterocycles. The van der Waals surface area contributed by atoms with E-state index >= 15 is 0 Å². The summed E-state index contributed by atoms with van der Waals surface area (Å²) >= 11 is 2.34. The predicted octanol–water partition coefficient (Wildman–Crippen LogP) is 5.34. The first kappa shape index (κ1) is 22.6. The molecule has 0 saturated heterocycles. The van der Waals surface area contributed by atoms with Crippen molar-refractivity contribution < 1.29 is 14.3 Å². The van der Waals surface area contributed by atoms with Crippen LogP contribution in [0.5, 0.6) is 0 Å². The van der Waals surface area contributed by atoms with Gasteiger partial charge in [0.2, 0.25) is 0 Å². The zero-order valence-electron chi connectivity index (χ0n) is 15.6. The molecule has 132 valence electrons. The Hall–Kier alpha value is 0.567. The fourth-order valence-electron chi connectivity index (χ4n) is 2.50. The van der Waals surface area contributed by atoms with Crippen LogP contribution in [-0.4, -0.2) is 33.1 Å². The number of ether oxygens (including phenoxy) is 2. The van der Waals surface area contributed by atoms with E-state index in [0.29, 0.717) is 18.6 Å². The van der Waals surface area contributed by atoms with Crippen molar-refractivity contribution in [2.75, 3.05) is 13.9 Å². The van der Waals surface area contributed by atoms with Crippen LogP contribution in [0.1, 0.15) is 47.5 Å². The number of hydrogen-bond acceptors (Lipinski definition) is 3. The van der Waals surface area contributed by atoms with Gasteiger partial charge in [-0.2, -0.15) is 0 Å². The summed E-state index contributed by atoms with van der Waals surface area (Å²) in [6.07, 6.45) is 4.48. The first-order chi connectivity index (χ1) is 9.92. The molecular weight excluding hydrogens is 407 g/mol. The Morgan fingerprint density at radius 1 is 1.32 bits per heavy atom. The van der Waals surface area contributed by atoms with Crippen LogP contribution in [0.4, 0.5) is 0 Å². The molecule has 0 aromatic heterocycles. The molecule has 0 spiro atoms. The lowest BCUT2D eigenvalue weighted by Crippen LogP contribution is -2.39. The van der Waals surface area contributed by atoms with Crippen LogP contribution in [0.3, 0.4) is 0 Å². The molecule has 3 atom stereocenters. The summed E-state index contributed by atoms with van der Waals surface area (Å²) in [7, 11) is -0.482. The Balaban J connectivity index is 4.83. The van der Waals surface area contributed by atoms with Gasteiger partial charge in [-0.1, -0.05) is 33.8 Å². The molecule has 0 aromatic rings. The molecule has 3 nitrogen and oxygen atoms in total. The summed E-state index contributed by atoms with van der Waals surface area (Å²) in [4.78, 5) is 10.4. The molecule has 0 saturated carbocycles. The molecule has 0 rings (SSSR count). The van der Waals surface area contributed by atoms with Crippen molar-refractivity contribution in [1.29, 1.82) is 0 Å². The maximum absolute atomic E-state index is 10.4. The van der Waals surface area contributed by atoms with Gasteiger partial charge in [-0.3, -0.25) is 0 Å². The van der Waals surface area contributed by atoms with Crippen LogP contribution in [0.15, 0.2) is 9.66 Å². The van der Waals surface area contributed by atoms with Gasteiger partial charge in [0.05, 0.1) is 6.10 Å². The fraction of sp³-hybridized carbons (Fsp3) is 0.882. The molecule has 0 bridgehead atoms. The van der Waals surface area contributed by atoms with E-state index in [-0.39, 0.29) is 11.1 Å². The van der Waals surface area contributed by atoms with E-state index in [0.717, 1.165) is 12.8 Å². The first-order valence-electron chi connectivity index (χ1n) is 8.09. The van der Waals surface area contributed by atoms with Gasteiger partial charge in [0, 0.05) is 13.0 Å². The SMILES string of the molecule is COCO[C@@H](C(C)CCC(C)(C)[Si](C)(C)O)[C@@H](C)/C=C(/C)I. The lowest BCUT2D eigenvalue weighted by molar-refractivity contribution is -0.102. The zero-order valence-corrected chi connectivity index (χ0v) is 18.7. The predicted molar refractivity (Wildman–Crippen MR) is 106 cm³/mol. The first-order valence-corrected chi connectivity index (χ1v) is 12.1. The van der Waals surface area contributed by atoms with Gasteiger partial charge >= 0.3 is 0 Å².